The minimum atomic E-state index is 0.433. The third-order valence-electron chi connectivity index (χ3n) is 4.63. The molecule has 1 N–H and O–H groups in total. The summed E-state index contributed by atoms with van der Waals surface area (Å²) in [5.41, 5.74) is 2.21. The minimum Gasteiger partial charge on any atom is -0.356 e. The zero-order valence-corrected chi connectivity index (χ0v) is 14.7. The minimum absolute atomic E-state index is 0.433. The standard InChI is InChI=1S/C19H21N7/c1-14-2-3-17(22-12-14)25-19-21-9-4-16(24-19)15-6-10-26(11-7-15)18-5-8-20-13-23-18/h2-5,8-9,12-13,15H,6-7,10-11H2,1H3,(H,21,22,24,25). The van der Waals surface area contributed by atoms with Crippen molar-refractivity contribution in [3.05, 3.63) is 60.4 Å². The van der Waals surface area contributed by atoms with Gasteiger partial charge in [0.1, 0.15) is 18.0 Å². The Hall–Kier alpha value is -3.09. The molecule has 0 saturated carbocycles. The summed E-state index contributed by atoms with van der Waals surface area (Å²) in [5, 5.41) is 3.18. The van der Waals surface area contributed by atoms with Crippen molar-refractivity contribution < 1.29 is 0 Å². The van der Waals surface area contributed by atoms with E-state index in [-0.39, 0.29) is 0 Å². The summed E-state index contributed by atoms with van der Waals surface area (Å²) in [6.07, 6.45) is 9.12. The Morgan fingerprint density at radius 3 is 2.62 bits per heavy atom. The number of pyridine rings is 1. The predicted molar refractivity (Wildman–Crippen MR) is 101 cm³/mol. The average molecular weight is 347 g/mol. The molecular formula is C19H21N7. The van der Waals surface area contributed by atoms with Crippen LogP contribution in [0, 0.1) is 6.92 Å². The van der Waals surface area contributed by atoms with Crippen molar-refractivity contribution in [2.24, 2.45) is 0 Å². The highest BCUT2D eigenvalue weighted by Gasteiger charge is 2.22. The highest BCUT2D eigenvalue weighted by Crippen LogP contribution is 2.29. The van der Waals surface area contributed by atoms with Crippen LogP contribution >= 0.6 is 0 Å². The molecular weight excluding hydrogens is 326 g/mol. The molecule has 4 heterocycles. The number of aryl methyl sites for hydroxylation is 1. The fourth-order valence-electron chi connectivity index (χ4n) is 3.19. The summed E-state index contributed by atoms with van der Waals surface area (Å²) in [7, 11) is 0. The lowest BCUT2D eigenvalue weighted by molar-refractivity contribution is 0.493. The van der Waals surface area contributed by atoms with Crippen LogP contribution in [0.5, 0.6) is 0 Å². The van der Waals surface area contributed by atoms with Gasteiger partial charge in [-0.25, -0.2) is 24.9 Å². The maximum absolute atomic E-state index is 4.71. The van der Waals surface area contributed by atoms with Crippen molar-refractivity contribution in [2.75, 3.05) is 23.3 Å². The highest BCUT2D eigenvalue weighted by atomic mass is 15.2. The van der Waals surface area contributed by atoms with Crippen LogP contribution in [-0.4, -0.2) is 38.0 Å². The second-order valence-corrected chi connectivity index (χ2v) is 6.48. The van der Waals surface area contributed by atoms with E-state index in [0.717, 1.165) is 48.8 Å². The Morgan fingerprint density at radius 2 is 1.88 bits per heavy atom. The molecule has 0 radical (unpaired) electrons. The maximum Gasteiger partial charge on any atom is 0.228 e. The van der Waals surface area contributed by atoms with E-state index in [1.54, 1.807) is 12.5 Å². The van der Waals surface area contributed by atoms with Crippen LogP contribution in [0.2, 0.25) is 0 Å². The van der Waals surface area contributed by atoms with Crippen molar-refractivity contribution >= 4 is 17.6 Å². The van der Waals surface area contributed by atoms with Gasteiger partial charge in [0.05, 0.1) is 0 Å². The largest absolute Gasteiger partial charge is 0.356 e. The summed E-state index contributed by atoms with van der Waals surface area (Å²) in [4.78, 5) is 24.0. The summed E-state index contributed by atoms with van der Waals surface area (Å²) in [6, 6.07) is 7.92. The van der Waals surface area contributed by atoms with E-state index in [9.17, 15) is 0 Å². The van der Waals surface area contributed by atoms with E-state index >= 15 is 0 Å². The monoisotopic (exact) mass is 347 g/mol. The molecule has 7 heteroatoms. The first kappa shape index (κ1) is 16.4. The van der Waals surface area contributed by atoms with Gasteiger partial charge >= 0.3 is 0 Å². The zero-order chi connectivity index (χ0) is 17.8. The van der Waals surface area contributed by atoms with Gasteiger partial charge in [-0.2, -0.15) is 0 Å². The third-order valence-corrected chi connectivity index (χ3v) is 4.63. The summed E-state index contributed by atoms with van der Waals surface area (Å²) in [6.45, 7) is 3.95. The van der Waals surface area contributed by atoms with Gasteiger partial charge in [0.2, 0.25) is 5.95 Å². The first-order valence-corrected chi connectivity index (χ1v) is 8.81. The number of hydrogen-bond donors (Lipinski definition) is 1. The molecule has 4 rings (SSSR count). The number of piperidine rings is 1. The Labute approximate surface area is 152 Å². The topological polar surface area (TPSA) is 79.7 Å². The molecule has 3 aromatic heterocycles. The zero-order valence-electron chi connectivity index (χ0n) is 14.7. The van der Waals surface area contributed by atoms with Crippen molar-refractivity contribution in [3.63, 3.8) is 0 Å². The van der Waals surface area contributed by atoms with E-state index in [1.165, 1.54) is 0 Å². The van der Waals surface area contributed by atoms with Crippen LogP contribution in [0.15, 0.2) is 49.2 Å². The van der Waals surface area contributed by atoms with Crippen LogP contribution in [0.1, 0.15) is 30.0 Å². The first-order valence-electron chi connectivity index (χ1n) is 8.81. The van der Waals surface area contributed by atoms with Crippen molar-refractivity contribution in [1.29, 1.82) is 0 Å². The van der Waals surface area contributed by atoms with E-state index in [2.05, 4.69) is 30.2 Å². The second kappa shape index (κ2) is 7.43. The number of rotatable bonds is 4. The number of aromatic nitrogens is 5. The number of nitrogens with zero attached hydrogens (tertiary/aromatic N) is 6. The van der Waals surface area contributed by atoms with Gasteiger partial charge in [0.15, 0.2) is 0 Å². The van der Waals surface area contributed by atoms with Gasteiger partial charge in [0.25, 0.3) is 0 Å². The smallest absolute Gasteiger partial charge is 0.228 e. The molecule has 1 fully saturated rings. The molecule has 0 atom stereocenters. The molecule has 1 aliphatic heterocycles. The maximum atomic E-state index is 4.71. The average Bonchev–Trinajstić information content (AvgIpc) is 2.71. The van der Waals surface area contributed by atoms with Gasteiger partial charge in [-0.1, -0.05) is 6.07 Å². The van der Waals surface area contributed by atoms with Gasteiger partial charge in [-0.3, -0.25) is 0 Å². The van der Waals surface area contributed by atoms with Crippen LogP contribution < -0.4 is 10.2 Å². The van der Waals surface area contributed by atoms with E-state index < -0.39 is 0 Å². The van der Waals surface area contributed by atoms with Crippen molar-refractivity contribution in [2.45, 2.75) is 25.7 Å². The number of hydrogen-bond acceptors (Lipinski definition) is 7. The summed E-state index contributed by atoms with van der Waals surface area (Å²) < 4.78 is 0. The molecule has 0 spiro atoms. The Kier molecular flexibility index (Phi) is 4.68. The lowest BCUT2D eigenvalue weighted by Gasteiger charge is -2.32. The summed E-state index contributed by atoms with van der Waals surface area (Å²) >= 11 is 0. The summed E-state index contributed by atoms with van der Waals surface area (Å²) in [5.74, 6) is 2.78. The van der Waals surface area contributed by atoms with Crippen molar-refractivity contribution in [3.8, 4) is 0 Å². The Balaban J connectivity index is 1.42. The SMILES string of the molecule is Cc1ccc(Nc2nccc(C3CCN(c4ccncn4)CC3)n2)nc1. The molecule has 0 unspecified atom stereocenters. The van der Waals surface area contributed by atoms with E-state index in [0.29, 0.717) is 11.9 Å². The Bertz CT molecular complexity index is 843. The van der Waals surface area contributed by atoms with Gasteiger partial charge < -0.3 is 10.2 Å². The number of anilines is 3. The third kappa shape index (κ3) is 3.77. The van der Waals surface area contributed by atoms with Gasteiger partial charge in [-0.15, -0.1) is 0 Å². The molecule has 0 bridgehead atoms. The first-order chi connectivity index (χ1) is 12.8. The van der Waals surface area contributed by atoms with Crippen LogP contribution in [0.25, 0.3) is 0 Å². The van der Waals surface area contributed by atoms with Crippen LogP contribution in [-0.2, 0) is 0 Å². The highest BCUT2D eigenvalue weighted by molar-refractivity contribution is 5.47. The van der Waals surface area contributed by atoms with E-state index in [4.69, 9.17) is 4.98 Å². The van der Waals surface area contributed by atoms with Crippen LogP contribution in [0.4, 0.5) is 17.6 Å². The normalized spacial score (nSPS) is 15.0. The van der Waals surface area contributed by atoms with Gasteiger partial charge in [0, 0.05) is 43.3 Å². The van der Waals surface area contributed by atoms with Gasteiger partial charge in [-0.05, 0) is 43.5 Å². The van der Waals surface area contributed by atoms with Crippen molar-refractivity contribution in [1.82, 2.24) is 24.9 Å². The van der Waals surface area contributed by atoms with E-state index in [1.807, 2.05) is 43.6 Å². The molecule has 7 nitrogen and oxygen atoms in total. The van der Waals surface area contributed by atoms with Crippen LogP contribution in [0.3, 0.4) is 0 Å². The lowest BCUT2D eigenvalue weighted by atomic mass is 9.93. The molecule has 0 aliphatic carbocycles. The quantitative estimate of drug-likeness (QED) is 0.777. The Morgan fingerprint density at radius 1 is 1.00 bits per heavy atom. The predicted octanol–water partition coefficient (Wildman–Crippen LogP) is 3.10. The lowest BCUT2D eigenvalue weighted by Crippen LogP contribution is -2.33. The fraction of sp³-hybridized carbons (Fsp3) is 0.316. The second-order valence-electron chi connectivity index (χ2n) is 6.48. The fourth-order valence-corrected chi connectivity index (χ4v) is 3.19. The molecule has 1 saturated heterocycles. The molecule has 0 amide bonds. The molecule has 0 aromatic carbocycles. The number of nitrogens with one attached hydrogen (secondary N) is 1. The molecule has 132 valence electrons. The molecule has 3 aromatic rings. The molecule has 26 heavy (non-hydrogen) atoms. The molecule has 1 aliphatic rings.